The molecule has 8 nitrogen and oxygen atoms in total. The molecule has 31 heavy (non-hydrogen) atoms. The molecule has 4 N–H and O–H groups in total. The molecule has 0 saturated carbocycles. The van der Waals surface area contributed by atoms with Crippen LogP contribution in [-0.2, 0) is 18.8 Å². The molecule has 0 aliphatic carbocycles. The number of unbranched alkanes of at least 4 members (excludes halogenated alkanes) is 12. The summed E-state index contributed by atoms with van der Waals surface area (Å²) in [5.41, 5.74) is 0. The van der Waals surface area contributed by atoms with Gasteiger partial charge in [-0.2, -0.15) is 0 Å². The van der Waals surface area contributed by atoms with Gasteiger partial charge in [-0.1, -0.05) is 84.0 Å². The van der Waals surface area contributed by atoms with Crippen molar-refractivity contribution in [2.75, 3.05) is 26.4 Å². The standard InChI is InChI=1S/C22H45BO8/c1-2-3-4-5-6-7-8-9-10-11-12-13-14-15-22(28)31-23(29-18-20(26)16-24)30-19-21(27)17-25/h20-21,24-27H,2-19H2,1H3. The third-order valence-electron chi connectivity index (χ3n) is 4.98. The van der Waals surface area contributed by atoms with Gasteiger partial charge in [0.2, 0.25) is 0 Å². The van der Waals surface area contributed by atoms with E-state index in [9.17, 15) is 15.0 Å². The van der Waals surface area contributed by atoms with Crippen LogP contribution >= 0.6 is 0 Å². The minimum absolute atomic E-state index is 0.228. The zero-order valence-corrected chi connectivity index (χ0v) is 19.4. The van der Waals surface area contributed by atoms with Crippen LogP contribution in [0.15, 0.2) is 0 Å². The highest BCUT2D eigenvalue weighted by Gasteiger charge is 2.28. The van der Waals surface area contributed by atoms with E-state index in [-0.39, 0.29) is 19.6 Å². The van der Waals surface area contributed by atoms with Crippen molar-refractivity contribution in [1.29, 1.82) is 0 Å². The van der Waals surface area contributed by atoms with Gasteiger partial charge in [-0.05, 0) is 6.42 Å². The van der Waals surface area contributed by atoms with Gasteiger partial charge in [-0.15, -0.1) is 0 Å². The lowest BCUT2D eigenvalue weighted by Gasteiger charge is -2.17. The molecule has 0 aliphatic rings. The number of aliphatic hydroxyl groups is 4. The minimum Gasteiger partial charge on any atom is -0.485 e. The fourth-order valence-electron chi connectivity index (χ4n) is 3.05. The van der Waals surface area contributed by atoms with Crippen LogP contribution in [0.5, 0.6) is 0 Å². The topological polar surface area (TPSA) is 126 Å². The molecule has 0 saturated heterocycles. The molecule has 184 valence electrons. The SMILES string of the molecule is CCCCCCCCCCCCCCCC(=O)OB(OCC(O)CO)OCC(O)CO. The van der Waals surface area contributed by atoms with Crippen LogP contribution in [0, 0.1) is 0 Å². The maximum absolute atomic E-state index is 12.0. The Hall–Kier alpha value is -0.705. The summed E-state index contributed by atoms with van der Waals surface area (Å²) >= 11 is 0. The van der Waals surface area contributed by atoms with E-state index in [0.29, 0.717) is 6.42 Å². The summed E-state index contributed by atoms with van der Waals surface area (Å²) in [6, 6.07) is 0. The van der Waals surface area contributed by atoms with Crippen LogP contribution in [0.4, 0.5) is 0 Å². The van der Waals surface area contributed by atoms with E-state index < -0.39 is 38.7 Å². The minimum atomic E-state index is -1.41. The quantitative estimate of drug-likeness (QED) is 0.139. The molecule has 0 aliphatic heterocycles. The zero-order chi connectivity index (χ0) is 23.2. The van der Waals surface area contributed by atoms with E-state index in [2.05, 4.69) is 6.92 Å². The normalized spacial score (nSPS) is 13.2. The van der Waals surface area contributed by atoms with Gasteiger partial charge in [0, 0.05) is 6.42 Å². The molecule has 0 rings (SSSR count). The molecule has 0 heterocycles. The summed E-state index contributed by atoms with van der Waals surface area (Å²) in [6.07, 6.45) is 13.8. The Kier molecular flexibility index (Phi) is 22.0. The van der Waals surface area contributed by atoms with Crippen LogP contribution in [0.3, 0.4) is 0 Å². The van der Waals surface area contributed by atoms with E-state index in [1.807, 2.05) is 0 Å². The van der Waals surface area contributed by atoms with Gasteiger partial charge in [-0.25, -0.2) is 0 Å². The van der Waals surface area contributed by atoms with Crippen LogP contribution in [0.25, 0.3) is 0 Å². The number of aliphatic hydroxyl groups excluding tert-OH is 4. The van der Waals surface area contributed by atoms with Crippen molar-refractivity contribution in [2.45, 2.75) is 109 Å². The van der Waals surface area contributed by atoms with E-state index in [4.69, 9.17) is 24.2 Å². The highest BCUT2D eigenvalue weighted by Crippen LogP contribution is 2.13. The van der Waals surface area contributed by atoms with Crippen molar-refractivity contribution in [3.05, 3.63) is 0 Å². The van der Waals surface area contributed by atoms with Crippen LogP contribution in [-0.4, -0.2) is 72.4 Å². The van der Waals surface area contributed by atoms with Crippen LogP contribution in [0.1, 0.15) is 96.8 Å². The Balaban J connectivity index is 3.76. The van der Waals surface area contributed by atoms with Crippen LogP contribution in [0.2, 0.25) is 0 Å². The van der Waals surface area contributed by atoms with Crippen molar-refractivity contribution < 1.29 is 39.2 Å². The molecule has 0 aromatic carbocycles. The fraction of sp³-hybridized carbons (Fsp3) is 0.955. The molecule has 0 spiro atoms. The highest BCUT2D eigenvalue weighted by molar-refractivity contribution is 6.39. The third-order valence-corrected chi connectivity index (χ3v) is 4.98. The number of rotatable bonds is 23. The van der Waals surface area contributed by atoms with Gasteiger partial charge in [0.05, 0.1) is 38.6 Å². The second-order valence-electron chi connectivity index (χ2n) is 8.11. The lowest BCUT2D eigenvalue weighted by molar-refractivity contribution is -0.138. The maximum Gasteiger partial charge on any atom is 0.715 e. The van der Waals surface area contributed by atoms with Gasteiger partial charge in [0.15, 0.2) is 0 Å². The molecule has 0 bridgehead atoms. The summed E-state index contributed by atoms with van der Waals surface area (Å²) in [5, 5.41) is 36.3. The maximum atomic E-state index is 12.0. The molecule has 0 aromatic rings. The van der Waals surface area contributed by atoms with Gasteiger partial charge < -0.3 is 34.4 Å². The van der Waals surface area contributed by atoms with Gasteiger partial charge >= 0.3 is 7.32 Å². The summed E-state index contributed by atoms with van der Waals surface area (Å²) < 4.78 is 15.3. The zero-order valence-electron chi connectivity index (χ0n) is 19.4. The summed E-state index contributed by atoms with van der Waals surface area (Å²) in [6.45, 7) is 0.658. The summed E-state index contributed by atoms with van der Waals surface area (Å²) in [5.74, 6) is -0.495. The highest BCUT2D eigenvalue weighted by atomic mass is 16.7. The first-order valence-electron chi connectivity index (χ1n) is 12.0. The summed E-state index contributed by atoms with van der Waals surface area (Å²) in [7, 11) is -1.41. The number of carbonyl (C=O) groups excluding carboxylic acids is 1. The Morgan fingerprint density at radius 1 is 0.710 bits per heavy atom. The predicted molar refractivity (Wildman–Crippen MR) is 120 cm³/mol. The molecule has 0 amide bonds. The third kappa shape index (κ3) is 20.9. The number of carbonyl (C=O) groups is 1. The van der Waals surface area contributed by atoms with Gasteiger partial charge in [0.1, 0.15) is 0 Å². The second kappa shape index (κ2) is 22.5. The number of hydrogen-bond donors (Lipinski definition) is 4. The molecular weight excluding hydrogens is 403 g/mol. The van der Waals surface area contributed by atoms with Gasteiger partial charge in [0.25, 0.3) is 5.97 Å². The second-order valence-corrected chi connectivity index (χ2v) is 8.11. The van der Waals surface area contributed by atoms with Crippen molar-refractivity contribution in [3.63, 3.8) is 0 Å². The van der Waals surface area contributed by atoms with Crippen molar-refractivity contribution in [1.82, 2.24) is 0 Å². The fourth-order valence-corrected chi connectivity index (χ4v) is 3.05. The van der Waals surface area contributed by atoms with Crippen molar-refractivity contribution in [2.24, 2.45) is 0 Å². The Bertz CT molecular complexity index is 386. The monoisotopic (exact) mass is 448 g/mol. The van der Waals surface area contributed by atoms with E-state index in [1.165, 1.54) is 64.2 Å². The molecule has 0 fully saturated rings. The molecular formula is C22H45BO8. The Labute approximate surface area is 188 Å². The van der Waals surface area contributed by atoms with Crippen molar-refractivity contribution >= 4 is 13.3 Å². The van der Waals surface area contributed by atoms with Crippen LogP contribution < -0.4 is 0 Å². The van der Waals surface area contributed by atoms with E-state index >= 15 is 0 Å². The van der Waals surface area contributed by atoms with E-state index in [1.54, 1.807) is 0 Å². The first-order chi connectivity index (χ1) is 15.0. The molecule has 9 heteroatoms. The van der Waals surface area contributed by atoms with Gasteiger partial charge in [-0.3, -0.25) is 4.79 Å². The molecule has 2 atom stereocenters. The van der Waals surface area contributed by atoms with Crippen molar-refractivity contribution in [3.8, 4) is 0 Å². The summed E-state index contributed by atoms with van der Waals surface area (Å²) in [4.78, 5) is 12.0. The largest absolute Gasteiger partial charge is 0.715 e. The Morgan fingerprint density at radius 3 is 1.48 bits per heavy atom. The lowest BCUT2D eigenvalue weighted by atomic mass is 10.0. The molecule has 2 unspecified atom stereocenters. The average molecular weight is 448 g/mol. The number of hydrogen-bond acceptors (Lipinski definition) is 8. The van der Waals surface area contributed by atoms with E-state index in [0.717, 1.165) is 12.8 Å². The smallest absolute Gasteiger partial charge is 0.485 e. The lowest BCUT2D eigenvalue weighted by Crippen LogP contribution is -2.36. The molecule has 0 radical (unpaired) electrons. The first kappa shape index (κ1) is 30.3. The predicted octanol–water partition coefficient (Wildman–Crippen LogP) is 2.74. The first-order valence-corrected chi connectivity index (χ1v) is 12.0. The Morgan fingerprint density at radius 2 is 1.10 bits per heavy atom. The molecule has 0 aromatic heterocycles. The average Bonchev–Trinajstić information content (AvgIpc) is 2.78.